The third kappa shape index (κ3) is 6.03. The van der Waals surface area contributed by atoms with Crippen LogP contribution in [0.1, 0.15) is 5.56 Å². The topological polar surface area (TPSA) is 125 Å². The van der Waals surface area contributed by atoms with Gasteiger partial charge in [-0.25, -0.2) is 8.42 Å². The van der Waals surface area contributed by atoms with Gasteiger partial charge in [0.1, 0.15) is 24.4 Å². The number of aliphatic hydroxyl groups is 2. The quantitative estimate of drug-likeness (QED) is 0.386. The molecule has 2 rings (SSSR count). The van der Waals surface area contributed by atoms with Crippen molar-refractivity contribution in [3.63, 3.8) is 0 Å². The van der Waals surface area contributed by atoms with Crippen LogP contribution in [-0.2, 0) is 30.9 Å². The average Bonchev–Trinajstić information content (AvgIpc) is 2.50. The van der Waals surface area contributed by atoms with Gasteiger partial charge in [-0.15, -0.1) is 0 Å². The molecule has 24 heavy (non-hydrogen) atoms. The molecular weight excluding hydrogens is 351 g/mol. The van der Waals surface area contributed by atoms with E-state index < -0.39 is 46.6 Å². The molecule has 1 aromatic carbocycles. The molecule has 0 saturated carbocycles. The van der Waals surface area contributed by atoms with E-state index in [9.17, 15) is 23.2 Å². The molecule has 1 fully saturated rings. The van der Waals surface area contributed by atoms with Gasteiger partial charge < -0.3 is 29.0 Å². The van der Waals surface area contributed by atoms with Crippen LogP contribution in [-0.4, -0.2) is 66.8 Å². The van der Waals surface area contributed by atoms with Crippen LogP contribution in [0.15, 0.2) is 30.3 Å². The van der Waals surface area contributed by atoms with Crippen LogP contribution in [0, 0.1) is 0 Å². The molecule has 0 spiro atoms. The van der Waals surface area contributed by atoms with Crippen molar-refractivity contribution in [2.45, 2.75) is 37.3 Å². The van der Waals surface area contributed by atoms with Crippen molar-refractivity contribution in [1.29, 1.82) is 0 Å². The predicted octanol–water partition coefficient (Wildman–Crippen LogP) is -3.79. The summed E-state index contributed by atoms with van der Waals surface area (Å²) in [5.41, 5.74) is 0.841. The summed E-state index contributed by atoms with van der Waals surface area (Å²) in [4.78, 5) is 0. The molecule has 130 valence electrons. The summed E-state index contributed by atoms with van der Waals surface area (Å²) in [6.45, 7) is 0.142. The Balaban J connectivity index is 0.00000288. The molecule has 8 nitrogen and oxygen atoms in total. The Morgan fingerprint density at radius 1 is 1.21 bits per heavy atom. The number of benzene rings is 1. The molecule has 1 aliphatic rings. The molecule has 1 aliphatic heterocycles. The van der Waals surface area contributed by atoms with E-state index in [0.29, 0.717) is 0 Å². The van der Waals surface area contributed by atoms with Crippen molar-refractivity contribution in [1.82, 2.24) is 0 Å². The normalized spacial score (nSPS) is 30.6. The minimum absolute atomic E-state index is 0. The molecule has 0 unspecified atom stereocenters. The van der Waals surface area contributed by atoms with Crippen molar-refractivity contribution in [2.24, 2.45) is 0 Å². The van der Waals surface area contributed by atoms with Crippen molar-refractivity contribution >= 4 is 10.1 Å². The molecule has 10 heteroatoms. The van der Waals surface area contributed by atoms with Gasteiger partial charge in [0.25, 0.3) is 0 Å². The predicted molar refractivity (Wildman–Crippen MR) is 77.3 cm³/mol. The minimum Gasteiger partial charge on any atom is -0.748 e. The fourth-order valence-corrected chi connectivity index (χ4v) is 3.06. The van der Waals surface area contributed by atoms with Crippen LogP contribution in [0.5, 0.6) is 0 Å². The standard InChI is InChI=1S/C14H20O8S.Na/c1-20-14-13(21-7-9-5-3-2-4-6-9)12(16)11(15)10(22-14)8-23(17,18)19;/h2-6,10-16H,7-8H2,1H3,(H,17,18,19);/q;+1/p-1/t10-,11+,12+,13-,14+;/m1./s1. The third-order valence-corrected chi connectivity index (χ3v) is 4.27. The first-order valence-electron chi connectivity index (χ1n) is 6.95. The number of hydrogen-bond acceptors (Lipinski definition) is 8. The second-order valence-corrected chi connectivity index (χ2v) is 6.69. The smallest absolute Gasteiger partial charge is 0.748 e. The maximum atomic E-state index is 10.8. The first-order valence-corrected chi connectivity index (χ1v) is 8.53. The second-order valence-electron chi connectivity index (χ2n) is 5.25. The molecule has 1 saturated heterocycles. The summed E-state index contributed by atoms with van der Waals surface area (Å²) in [6, 6.07) is 9.13. The van der Waals surface area contributed by atoms with E-state index in [-0.39, 0.29) is 36.2 Å². The van der Waals surface area contributed by atoms with Crippen molar-refractivity contribution in [2.75, 3.05) is 12.9 Å². The molecule has 0 aliphatic carbocycles. The Morgan fingerprint density at radius 3 is 2.38 bits per heavy atom. The first kappa shape index (κ1) is 22.0. The second kappa shape index (κ2) is 9.58. The van der Waals surface area contributed by atoms with Gasteiger partial charge in [0.15, 0.2) is 6.29 Å². The zero-order chi connectivity index (χ0) is 17.0. The van der Waals surface area contributed by atoms with Crippen LogP contribution >= 0.6 is 0 Å². The van der Waals surface area contributed by atoms with E-state index in [1.165, 1.54) is 7.11 Å². The Labute approximate surface area is 162 Å². The Morgan fingerprint density at radius 2 is 1.83 bits per heavy atom. The van der Waals surface area contributed by atoms with Gasteiger partial charge >= 0.3 is 29.6 Å². The van der Waals surface area contributed by atoms with Crippen LogP contribution in [0.3, 0.4) is 0 Å². The van der Waals surface area contributed by atoms with Gasteiger partial charge in [-0.3, -0.25) is 0 Å². The Kier molecular flexibility index (Phi) is 8.77. The molecule has 1 heterocycles. The van der Waals surface area contributed by atoms with Gasteiger partial charge in [0.2, 0.25) is 0 Å². The molecule has 5 atom stereocenters. The SMILES string of the molecule is CO[C@H]1O[C@H](CS(=O)(=O)[O-])[C@H](O)[C@H](O)[C@H]1OCc1ccccc1.[Na+]. The molecule has 0 amide bonds. The molecule has 1 aromatic rings. The average molecular weight is 370 g/mol. The number of rotatable bonds is 6. The molecular formula is C14H19NaO8S. The first-order chi connectivity index (χ1) is 10.8. The largest absolute Gasteiger partial charge is 1.00 e. The van der Waals surface area contributed by atoms with Crippen LogP contribution in [0.2, 0.25) is 0 Å². The van der Waals surface area contributed by atoms with E-state index >= 15 is 0 Å². The molecule has 0 aromatic heterocycles. The van der Waals surface area contributed by atoms with Gasteiger partial charge in [0.05, 0.1) is 22.5 Å². The molecule has 2 N–H and O–H groups in total. The fraction of sp³-hybridized carbons (Fsp3) is 0.571. The van der Waals surface area contributed by atoms with Gasteiger partial charge in [0, 0.05) is 7.11 Å². The summed E-state index contributed by atoms with van der Waals surface area (Å²) >= 11 is 0. The Hall–Kier alpha value is -0.0700. The van der Waals surface area contributed by atoms with E-state index in [1.54, 1.807) is 0 Å². The molecule has 0 radical (unpaired) electrons. The minimum atomic E-state index is -4.63. The van der Waals surface area contributed by atoms with Crippen molar-refractivity contribution < 1.29 is 67.0 Å². The summed E-state index contributed by atoms with van der Waals surface area (Å²) in [5.74, 6) is -0.962. The number of methoxy groups -OCH3 is 1. The summed E-state index contributed by atoms with van der Waals surface area (Å²) in [5, 5.41) is 20.1. The summed E-state index contributed by atoms with van der Waals surface area (Å²) < 4.78 is 48.4. The van der Waals surface area contributed by atoms with Crippen LogP contribution in [0.4, 0.5) is 0 Å². The zero-order valence-electron chi connectivity index (χ0n) is 13.4. The van der Waals surface area contributed by atoms with Gasteiger partial charge in [-0.05, 0) is 5.56 Å². The van der Waals surface area contributed by atoms with E-state index in [2.05, 4.69) is 0 Å². The number of aliphatic hydroxyl groups excluding tert-OH is 2. The maximum absolute atomic E-state index is 10.8. The number of hydrogen-bond donors (Lipinski definition) is 2. The van der Waals surface area contributed by atoms with E-state index in [0.717, 1.165) is 5.56 Å². The van der Waals surface area contributed by atoms with E-state index in [1.807, 2.05) is 30.3 Å². The fourth-order valence-electron chi connectivity index (χ4n) is 2.38. The third-order valence-electron chi connectivity index (χ3n) is 3.53. The summed E-state index contributed by atoms with van der Waals surface area (Å²) in [6.07, 6.45) is -6.55. The Bertz CT molecular complexity index is 594. The molecule has 0 bridgehead atoms. The summed E-state index contributed by atoms with van der Waals surface area (Å²) in [7, 11) is -3.34. The zero-order valence-corrected chi connectivity index (χ0v) is 16.3. The van der Waals surface area contributed by atoms with Crippen LogP contribution < -0.4 is 29.6 Å². The van der Waals surface area contributed by atoms with E-state index in [4.69, 9.17) is 14.2 Å². The van der Waals surface area contributed by atoms with Gasteiger partial charge in [-0.1, -0.05) is 30.3 Å². The maximum Gasteiger partial charge on any atom is 1.00 e. The number of ether oxygens (including phenoxy) is 3. The van der Waals surface area contributed by atoms with Crippen LogP contribution in [0.25, 0.3) is 0 Å². The van der Waals surface area contributed by atoms with Crippen molar-refractivity contribution in [3.05, 3.63) is 35.9 Å². The van der Waals surface area contributed by atoms with Gasteiger partial charge in [-0.2, -0.15) is 0 Å². The van der Waals surface area contributed by atoms with Crippen molar-refractivity contribution in [3.8, 4) is 0 Å². The monoisotopic (exact) mass is 370 g/mol.